The second-order valence-corrected chi connectivity index (χ2v) is 9.19. The lowest BCUT2D eigenvalue weighted by Gasteiger charge is -2.24. The fourth-order valence-corrected chi connectivity index (χ4v) is 5.21. The van der Waals surface area contributed by atoms with Crippen molar-refractivity contribution in [3.8, 4) is 11.5 Å². The first-order valence-corrected chi connectivity index (χ1v) is 11.8. The topological polar surface area (TPSA) is 89.0 Å². The second kappa shape index (κ2) is 9.05. The number of hydrogen-bond acceptors (Lipinski definition) is 7. The van der Waals surface area contributed by atoms with Crippen molar-refractivity contribution in [1.29, 1.82) is 0 Å². The van der Waals surface area contributed by atoms with Gasteiger partial charge in [-0.2, -0.15) is 0 Å². The number of hydrogen-bond donors (Lipinski definition) is 1. The number of Topliss-reactive ketones (excluding diaryl/α,β-unsaturated/α-hetero) is 1. The summed E-state index contributed by atoms with van der Waals surface area (Å²) in [5.74, 6) is -0.988. The van der Waals surface area contributed by atoms with Gasteiger partial charge in [-0.05, 0) is 48.5 Å². The summed E-state index contributed by atoms with van der Waals surface area (Å²) in [5, 5.41) is 12.1. The van der Waals surface area contributed by atoms with E-state index in [4.69, 9.17) is 21.1 Å². The van der Waals surface area contributed by atoms with E-state index < -0.39 is 17.7 Å². The molecule has 1 aromatic heterocycles. The molecule has 0 aliphatic carbocycles. The van der Waals surface area contributed by atoms with Crippen LogP contribution in [0.1, 0.15) is 17.2 Å². The summed E-state index contributed by atoms with van der Waals surface area (Å²) in [6, 6.07) is 17.9. The highest BCUT2D eigenvalue weighted by atomic mass is 35.5. The molecule has 0 unspecified atom stereocenters. The van der Waals surface area contributed by atoms with Gasteiger partial charge in [-0.15, -0.1) is 0 Å². The van der Waals surface area contributed by atoms with Crippen LogP contribution in [-0.2, 0) is 9.59 Å². The third kappa shape index (κ3) is 3.90. The average molecular weight is 507 g/mol. The van der Waals surface area contributed by atoms with Crippen LogP contribution in [0.25, 0.3) is 16.0 Å². The van der Waals surface area contributed by atoms with Gasteiger partial charge in [-0.25, -0.2) is 4.98 Å². The van der Waals surface area contributed by atoms with Crippen molar-refractivity contribution in [3.63, 3.8) is 0 Å². The van der Waals surface area contributed by atoms with Crippen molar-refractivity contribution >= 4 is 55.7 Å². The Hall–Kier alpha value is -3.88. The van der Waals surface area contributed by atoms with Crippen molar-refractivity contribution in [2.24, 2.45) is 0 Å². The predicted octanol–water partition coefficient (Wildman–Crippen LogP) is 5.59. The van der Waals surface area contributed by atoms with Crippen molar-refractivity contribution in [3.05, 3.63) is 88.5 Å². The number of halogens is 1. The zero-order valence-corrected chi connectivity index (χ0v) is 20.3. The smallest absolute Gasteiger partial charge is 0.301 e. The molecule has 2 heterocycles. The average Bonchev–Trinajstić information content (AvgIpc) is 3.42. The molecule has 1 N–H and O–H groups in total. The summed E-state index contributed by atoms with van der Waals surface area (Å²) in [6.45, 7) is 0. The summed E-state index contributed by atoms with van der Waals surface area (Å²) >= 11 is 7.29. The molecule has 35 heavy (non-hydrogen) atoms. The number of thiazole rings is 1. The maximum Gasteiger partial charge on any atom is 0.301 e. The van der Waals surface area contributed by atoms with E-state index in [1.54, 1.807) is 42.5 Å². The molecule has 1 aliphatic heterocycles. The Kier molecular flexibility index (Phi) is 5.92. The molecule has 1 aliphatic rings. The predicted molar refractivity (Wildman–Crippen MR) is 135 cm³/mol. The van der Waals surface area contributed by atoms with Crippen molar-refractivity contribution in [2.75, 3.05) is 19.1 Å². The quantitative estimate of drug-likeness (QED) is 0.215. The second-order valence-electron chi connectivity index (χ2n) is 7.75. The lowest BCUT2D eigenvalue weighted by molar-refractivity contribution is -0.132. The Bertz CT molecular complexity index is 1460. The highest BCUT2D eigenvalue weighted by Gasteiger charge is 2.49. The molecule has 1 amide bonds. The summed E-state index contributed by atoms with van der Waals surface area (Å²) < 4.78 is 11.8. The minimum absolute atomic E-state index is 0.0694. The molecule has 5 rings (SSSR count). The highest BCUT2D eigenvalue weighted by Crippen LogP contribution is 2.47. The minimum atomic E-state index is -0.980. The number of nitrogens with zero attached hydrogens (tertiary/aromatic N) is 2. The summed E-state index contributed by atoms with van der Waals surface area (Å²) in [4.78, 5) is 32.7. The normalized spacial score (nSPS) is 17.2. The molecule has 1 atom stereocenters. The van der Waals surface area contributed by atoms with Gasteiger partial charge in [-0.3, -0.25) is 14.5 Å². The zero-order chi connectivity index (χ0) is 24.7. The number of carbonyl (C=O) groups excluding carboxylic acids is 2. The van der Waals surface area contributed by atoms with Gasteiger partial charge in [0, 0.05) is 22.2 Å². The number of ketones is 1. The van der Waals surface area contributed by atoms with E-state index in [2.05, 4.69) is 4.98 Å². The van der Waals surface area contributed by atoms with Gasteiger partial charge < -0.3 is 14.6 Å². The number of benzene rings is 3. The number of aliphatic hydroxyl groups is 1. The van der Waals surface area contributed by atoms with E-state index in [1.165, 1.54) is 30.5 Å². The number of fused-ring (bicyclic) bond motifs is 1. The van der Waals surface area contributed by atoms with Gasteiger partial charge in [0.05, 0.1) is 30.0 Å². The largest absolute Gasteiger partial charge is 0.507 e. The monoisotopic (exact) mass is 506 g/mol. The van der Waals surface area contributed by atoms with E-state index in [0.29, 0.717) is 38.3 Å². The van der Waals surface area contributed by atoms with Gasteiger partial charge >= 0.3 is 5.91 Å². The molecule has 0 radical (unpaired) electrons. The Labute approximate surface area is 209 Å². The SMILES string of the molecule is COc1ccc([C@H]2C(=C(O)c3ccc(Cl)cc3)C(=O)C(=O)N2c2nc3ccccc3s2)c(OC)c1. The van der Waals surface area contributed by atoms with E-state index >= 15 is 0 Å². The Morgan fingerprint density at radius 1 is 1.03 bits per heavy atom. The number of aliphatic hydroxyl groups excluding tert-OH is 1. The number of ether oxygens (including phenoxy) is 2. The standard InChI is InChI=1S/C26H19ClN2O5S/c1-33-16-11-12-17(19(13-16)34-2)22-21(23(30)14-7-9-15(27)10-8-14)24(31)25(32)29(22)26-28-18-5-3-4-6-20(18)35-26/h3-13,22,30H,1-2H3/t22-/m0/s1. The van der Waals surface area contributed by atoms with Crippen LogP contribution in [0.2, 0.25) is 5.02 Å². The van der Waals surface area contributed by atoms with Gasteiger partial charge in [-0.1, -0.05) is 35.1 Å². The van der Waals surface area contributed by atoms with Crippen molar-refractivity contribution < 1.29 is 24.2 Å². The highest BCUT2D eigenvalue weighted by molar-refractivity contribution is 7.22. The van der Waals surface area contributed by atoms with Crippen LogP contribution in [0, 0.1) is 0 Å². The Morgan fingerprint density at radius 3 is 2.46 bits per heavy atom. The number of aromatic nitrogens is 1. The fourth-order valence-electron chi connectivity index (χ4n) is 4.09. The molecule has 176 valence electrons. The van der Waals surface area contributed by atoms with Gasteiger partial charge in [0.15, 0.2) is 5.13 Å². The van der Waals surface area contributed by atoms with Crippen LogP contribution < -0.4 is 14.4 Å². The Morgan fingerprint density at radius 2 is 1.77 bits per heavy atom. The molecule has 0 saturated carbocycles. The van der Waals surface area contributed by atoms with Gasteiger partial charge in [0.25, 0.3) is 5.78 Å². The van der Waals surface area contributed by atoms with E-state index in [-0.39, 0.29) is 11.3 Å². The molecule has 1 fully saturated rings. The summed E-state index contributed by atoms with van der Waals surface area (Å²) in [5.41, 5.74) is 1.49. The number of para-hydroxylation sites is 1. The Balaban J connectivity index is 1.77. The number of carbonyl (C=O) groups is 2. The van der Waals surface area contributed by atoms with E-state index in [9.17, 15) is 14.7 Å². The van der Waals surface area contributed by atoms with Crippen LogP contribution in [0.5, 0.6) is 11.5 Å². The molecule has 0 bridgehead atoms. The van der Waals surface area contributed by atoms with E-state index in [0.717, 1.165) is 4.70 Å². The van der Waals surface area contributed by atoms with Crippen molar-refractivity contribution in [1.82, 2.24) is 4.98 Å². The first-order valence-electron chi connectivity index (χ1n) is 10.6. The van der Waals surface area contributed by atoms with Crippen LogP contribution in [0.4, 0.5) is 5.13 Å². The van der Waals surface area contributed by atoms with Crippen molar-refractivity contribution in [2.45, 2.75) is 6.04 Å². The third-order valence-corrected chi connectivity index (χ3v) is 7.07. The van der Waals surface area contributed by atoms with Crippen LogP contribution in [-0.4, -0.2) is 36.0 Å². The van der Waals surface area contributed by atoms with Crippen LogP contribution >= 0.6 is 22.9 Å². The third-order valence-electron chi connectivity index (χ3n) is 5.79. The fraction of sp³-hybridized carbons (Fsp3) is 0.115. The van der Waals surface area contributed by atoms with Crippen LogP contribution in [0.15, 0.2) is 72.3 Å². The molecular formula is C26H19ClN2O5S. The lowest BCUT2D eigenvalue weighted by Crippen LogP contribution is -2.29. The molecular weight excluding hydrogens is 488 g/mol. The maximum atomic E-state index is 13.4. The summed E-state index contributed by atoms with van der Waals surface area (Å²) in [7, 11) is 3.02. The molecule has 7 nitrogen and oxygen atoms in total. The minimum Gasteiger partial charge on any atom is -0.507 e. The number of methoxy groups -OCH3 is 2. The first-order chi connectivity index (χ1) is 16.9. The zero-order valence-electron chi connectivity index (χ0n) is 18.7. The maximum absolute atomic E-state index is 13.4. The molecule has 9 heteroatoms. The van der Waals surface area contributed by atoms with Gasteiger partial charge in [0.1, 0.15) is 23.3 Å². The lowest BCUT2D eigenvalue weighted by atomic mass is 9.94. The summed E-state index contributed by atoms with van der Waals surface area (Å²) in [6.07, 6.45) is 0. The first kappa shape index (κ1) is 22.9. The number of anilines is 1. The molecule has 0 spiro atoms. The molecule has 3 aromatic carbocycles. The molecule has 1 saturated heterocycles. The molecule has 4 aromatic rings. The van der Waals surface area contributed by atoms with Crippen LogP contribution in [0.3, 0.4) is 0 Å². The number of rotatable bonds is 5. The number of amides is 1. The van der Waals surface area contributed by atoms with E-state index in [1.807, 2.05) is 24.3 Å². The van der Waals surface area contributed by atoms with Gasteiger partial charge in [0.2, 0.25) is 0 Å².